The maximum atomic E-state index is 11.7. The lowest BCUT2D eigenvalue weighted by Gasteiger charge is -2.33. The van der Waals surface area contributed by atoms with Crippen molar-refractivity contribution in [2.45, 2.75) is 44.6 Å². The Morgan fingerprint density at radius 3 is 2.42 bits per heavy atom. The average Bonchev–Trinajstić information content (AvgIpc) is 2.84. The molecule has 1 aliphatic carbocycles. The number of hydrogen-bond acceptors (Lipinski definition) is 7. The second-order valence-corrected chi connectivity index (χ2v) is 6.77. The van der Waals surface area contributed by atoms with Gasteiger partial charge in [0.1, 0.15) is 6.33 Å². The van der Waals surface area contributed by atoms with Crippen LogP contribution in [0.3, 0.4) is 0 Å². The molecule has 2 aliphatic rings. The Labute approximate surface area is 142 Å². The average molecular weight is 334 g/mol. The van der Waals surface area contributed by atoms with Crippen LogP contribution in [0.15, 0.2) is 6.33 Å². The molecule has 0 amide bonds. The summed E-state index contributed by atoms with van der Waals surface area (Å²) in [7, 11) is 2.06. The number of rotatable bonds is 4. The summed E-state index contributed by atoms with van der Waals surface area (Å²) in [6, 6.07) is 0.265. The van der Waals surface area contributed by atoms with Gasteiger partial charge in [0.05, 0.1) is 4.92 Å². The van der Waals surface area contributed by atoms with Crippen LogP contribution in [0, 0.1) is 10.1 Å². The van der Waals surface area contributed by atoms with Gasteiger partial charge in [0.2, 0.25) is 11.6 Å². The van der Waals surface area contributed by atoms with Gasteiger partial charge in [-0.25, -0.2) is 9.97 Å². The second kappa shape index (κ2) is 7.74. The number of anilines is 2. The van der Waals surface area contributed by atoms with Crippen LogP contribution in [-0.2, 0) is 0 Å². The normalized spacial score (nSPS) is 20.6. The molecule has 1 aliphatic heterocycles. The van der Waals surface area contributed by atoms with E-state index in [1.165, 1.54) is 32.0 Å². The molecular formula is C16H26N6O2. The lowest BCUT2D eigenvalue weighted by molar-refractivity contribution is -0.383. The molecule has 8 heteroatoms. The van der Waals surface area contributed by atoms with Crippen LogP contribution in [0.4, 0.5) is 17.3 Å². The monoisotopic (exact) mass is 334 g/mol. The van der Waals surface area contributed by atoms with Crippen molar-refractivity contribution < 1.29 is 4.92 Å². The minimum absolute atomic E-state index is 0.0197. The van der Waals surface area contributed by atoms with Crippen molar-refractivity contribution in [3.63, 3.8) is 0 Å². The zero-order chi connectivity index (χ0) is 16.9. The van der Waals surface area contributed by atoms with E-state index in [0.29, 0.717) is 11.6 Å². The van der Waals surface area contributed by atoms with Gasteiger partial charge in [-0.1, -0.05) is 25.7 Å². The highest BCUT2D eigenvalue weighted by Gasteiger charge is 2.29. The summed E-state index contributed by atoms with van der Waals surface area (Å²) < 4.78 is 0. The molecule has 1 saturated carbocycles. The van der Waals surface area contributed by atoms with E-state index in [9.17, 15) is 10.1 Å². The summed E-state index contributed by atoms with van der Waals surface area (Å²) in [6.07, 6.45) is 8.37. The van der Waals surface area contributed by atoms with Crippen LogP contribution in [0.5, 0.6) is 0 Å². The Morgan fingerprint density at radius 2 is 1.79 bits per heavy atom. The topological polar surface area (TPSA) is 87.4 Å². The molecule has 1 aromatic heterocycles. The Kier molecular flexibility index (Phi) is 5.44. The summed E-state index contributed by atoms with van der Waals surface area (Å²) >= 11 is 0. The maximum absolute atomic E-state index is 11.7. The molecule has 0 aromatic carbocycles. The number of hydrogen-bond donors (Lipinski definition) is 1. The molecule has 1 aromatic rings. The Morgan fingerprint density at radius 1 is 1.12 bits per heavy atom. The fourth-order valence-electron chi connectivity index (χ4n) is 3.51. The van der Waals surface area contributed by atoms with Crippen molar-refractivity contribution in [3.8, 4) is 0 Å². The minimum atomic E-state index is -0.341. The SMILES string of the molecule is CN1CCN(c2ncnc(NC3CCCCCC3)c2[N+](=O)[O-])CC1. The quantitative estimate of drug-likeness (QED) is 0.513. The van der Waals surface area contributed by atoms with Gasteiger partial charge < -0.3 is 15.1 Å². The molecule has 2 fully saturated rings. The van der Waals surface area contributed by atoms with E-state index in [1.54, 1.807) is 0 Å². The molecule has 132 valence electrons. The molecule has 0 unspecified atom stereocenters. The second-order valence-electron chi connectivity index (χ2n) is 6.77. The molecule has 3 rings (SSSR count). The van der Waals surface area contributed by atoms with Crippen molar-refractivity contribution in [1.29, 1.82) is 0 Å². The van der Waals surface area contributed by atoms with Crippen LogP contribution >= 0.6 is 0 Å². The highest BCUT2D eigenvalue weighted by Crippen LogP contribution is 2.33. The minimum Gasteiger partial charge on any atom is -0.361 e. The molecule has 2 heterocycles. The maximum Gasteiger partial charge on any atom is 0.353 e. The Bertz CT molecular complexity index is 566. The number of likely N-dealkylation sites (N-methyl/N-ethyl adjacent to an activating group) is 1. The van der Waals surface area contributed by atoms with Crippen LogP contribution in [-0.4, -0.2) is 59.1 Å². The van der Waals surface area contributed by atoms with Crippen molar-refractivity contribution in [3.05, 3.63) is 16.4 Å². The highest BCUT2D eigenvalue weighted by molar-refractivity contribution is 5.70. The Hall–Kier alpha value is -1.96. The zero-order valence-electron chi connectivity index (χ0n) is 14.3. The van der Waals surface area contributed by atoms with E-state index in [4.69, 9.17) is 0 Å². The number of nitrogens with one attached hydrogen (secondary N) is 1. The molecule has 24 heavy (non-hydrogen) atoms. The highest BCUT2D eigenvalue weighted by atomic mass is 16.6. The molecule has 0 bridgehead atoms. The van der Waals surface area contributed by atoms with E-state index in [0.717, 1.165) is 39.0 Å². The number of nitrogens with zero attached hydrogens (tertiary/aromatic N) is 5. The summed E-state index contributed by atoms with van der Waals surface area (Å²) in [5.74, 6) is 0.815. The lowest BCUT2D eigenvalue weighted by atomic mass is 10.1. The fourth-order valence-corrected chi connectivity index (χ4v) is 3.51. The van der Waals surface area contributed by atoms with Crippen molar-refractivity contribution in [2.24, 2.45) is 0 Å². The van der Waals surface area contributed by atoms with Gasteiger partial charge in [0, 0.05) is 32.2 Å². The summed E-state index contributed by atoms with van der Waals surface area (Å²) in [6.45, 7) is 3.26. The van der Waals surface area contributed by atoms with Crippen LogP contribution in [0.25, 0.3) is 0 Å². The van der Waals surface area contributed by atoms with Gasteiger partial charge in [0.15, 0.2) is 0 Å². The standard InChI is InChI=1S/C16H26N6O2/c1-20-8-10-21(11-9-20)16-14(22(23)24)15(17-12-18-16)19-13-6-4-2-3-5-7-13/h12-13H,2-11H2,1H3,(H,17,18,19). The smallest absolute Gasteiger partial charge is 0.353 e. The van der Waals surface area contributed by atoms with E-state index >= 15 is 0 Å². The van der Waals surface area contributed by atoms with Crippen LogP contribution in [0.2, 0.25) is 0 Å². The van der Waals surface area contributed by atoms with E-state index in [1.807, 2.05) is 4.90 Å². The van der Waals surface area contributed by atoms with Gasteiger partial charge in [0.25, 0.3) is 0 Å². The van der Waals surface area contributed by atoms with Crippen molar-refractivity contribution >= 4 is 17.3 Å². The Balaban J connectivity index is 1.83. The number of aromatic nitrogens is 2. The summed E-state index contributed by atoms with van der Waals surface area (Å²) in [5.41, 5.74) is 0.0197. The third-order valence-electron chi connectivity index (χ3n) is 4.98. The largest absolute Gasteiger partial charge is 0.361 e. The molecule has 0 spiro atoms. The van der Waals surface area contributed by atoms with Gasteiger partial charge >= 0.3 is 5.69 Å². The molecule has 0 radical (unpaired) electrons. The first-order chi connectivity index (χ1) is 11.6. The van der Waals surface area contributed by atoms with Crippen molar-refractivity contribution in [2.75, 3.05) is 43.4 Å². The lowest BCUT2D eigenvalue weighted by Crippen LogP contribution is -2.45. The first-order valence-electron chi connectivity index (χ1n) is 8.84. The van der Waals surface area contributed by atoms with Gasteiger partial charge in [-0.2, -0.15) is 0 Å². The van der Waals surface area contributed by atoms with E-state index < -0.39 is 0 Å². The zero-order valence-corrected chi connectivity index (χ0v) is 14.3. The van der Waals surface area contributed by atoms with E-state index in [2.05, 4.69) is 27.2 Å². The third kappa shape index (κ3) is 3.92. The molecule has 8 nitrogen and oxygen atoms in total. The number of piperazine rings is 1. The fraction of sp³-hybridized carbons (Fsp3) is 0.750. The summed E-state index contributed by atoms with van der Waals surface area (Å²) in [5, 5.41) is 15.0. The van der Waals surface area contributed by atoms with Crippen LogP contribution < -0.4 is 10.2 Å². The molecule has 0 atom stereocenters. The predicted molar refractivity (Wildman–Crippen MR) is 93.5 cm³/mol. The number of nitro groups is 1. The first-order valence-corrected chi connectivity index (χ1v) is 8.84. The molecule has 1 N–H and O–H groups in total. The first kappa shape index (κ1) is 16.9. The molecule has 1 saturated heterocycles. The van der Waals surface area contributed by atoms with Gasteiger partial charge in [-0.15, -0.1) is 0 Å². The van der Waals surface area contributed by atoms with Gasteiger partial charge in [-0.3, -0.25) is 10.1 Å². The van der Waals surface area contributed by atoms with E-state index in [-0.39, 0.29) is 16.7 Å². The van der Waals surface area contributed by atoms with Crippen LogP contribution in [0.1, 0.15) is 38.5 Å². The van der Waals surface area contributed by atoms with Crippen molar-refractivity contribution in [1.82, 2.24) is 14.9 Å². The molecular weight excluding hydrogens is 308 g/mol. The third-order valence-corrected chi connectivity index (χ3v) is 4.98. The predicted octanol–water partition coefficient (Wildman–Crippen LogP) is 2.27. The summed E-state index contributed by atoms with van der Waals surface area (Å²) in [4.78, 5) is 24.0. The van der Waals surface area contributed by atoms with Gasteiger partial charge in [-0.05, 0) is 19.9 Å².